The second-order valence-electron chi connectivity index (χ2n) is 4.60. The maximum Gasteiger partial charge on any atom is 0.241 e. The molecule has 1 aromatic carbocycles. The van der Waals surface area contributed by atoms with Gasteiger partial charge in [0.1, 0.15) is 0 Å². The average Bonchev–Trinajstić information content (AvgIpc) is 2.37. The lowest BCUT2D eigenvalue weighted by Gasteiger charge is -2.11. The molecule has 0 aromatic heterocycles. The van der Waals surface area contributed by atoms with E-state index >= 15 is 0 Å². The highest BCUT2D eigenvalue weighted by Crippen LogP contribution is 2.20. The Bertz CT molecular complexity index is 473. The topological polar surface area (TPSA) is 49.4 Å². The Morgan fingerprint density at radius 2 is 1.89 bits per heavy atom. The van der Waals surface area contributed by atoms with Gasteiger partial charge in [-0.05, 0) is 37.1 Å². The normalized spacial score (nSPS) is 10.1. The number of thioether (sulfide) groups is 1. The number of aryl methyl sites for hydroxylation is 2. The number of hydrogen-bond acceptors (Lipinski definition) is 3. The van der Waals surface area contributed by atoms with Crippen molar-refractivity contribution >= 4 is 23.6 Å². The number of nitrogens with zero attached hydrogens (tertiary/aromatic N) is 1. The van der Waals surface area contributed by atoms with Gasteiger partial charge in [-0.25, -0.2) is 0 Å². The first-order valence-corrected chi connectivity index (χ1v) is 7.05. The first kappa shape index (κ1) is 15.6. The molecule has 0 aliphatic carbocycles. The average molecular weight is 280 g/mol. The van der Waals surface area contributed by atoms with E-state index in [1.807, 2.05) is 12.1 Å². The standard InChI is InChI=1S/C14H20N2O2S/c1-10-5-6-12(7-11(10)2)19-9-13(17)15-8-14(18)16(3)4/h5-7H,8-9H2,1-4H3,(H,15,17). The summed E-state index contributed by atoms with van der Waals surface area (Å²) in [6.07, 6.45) is 0. The molecule has 5 heteroatoms. The molecule has 0 fully saturated rings. The van der Waals surface area contributed by atoms with Gasteiger partial charge < -0.3 is 10.2 Å². The van der Waals surface area contributed by atoms with Gasteiger partial charge in [-0.15, -0.1) is 11.8 Å². The first-order valence-electron chi connectivity index (χ1n) is 6.07. The molecule has 0 radical (unpaired) electrons. The second kappa shape index (κ2) is 7.19. The summed E-state index contributed by atoms with van der Waals surface area (Å²) in [6, 6.07) is 6.12. The molecule has 4 nitrogen and oxygen atoms in total. The minimum atomic E-state index is -0.126. The van der Waals surface area contributed by atoms with E-state index in [1.54, 1.807) is 14.1 Å². The van der Waals surface area contributed by atoms with Crippen LogP contribution in [-0.4, -0.2) is 43.1 Å². The first-order chi connectivity index (χ1) is 8.90. The van der Waals surface area contributed by atoms with Crippen molar-refractivity contribution in [3.05, 3.63) is 29.3 Å². The fourth-order valence-electron chi connectivity index (χ4n) is 1.34. The molecule has 0 aliphatic heterocycles. The monoisotopic (exact) mass is 280 g/mol. The van der Waals surface area contributed by atoms with Gasteiger partial charge in [0, 0.05) is 19.0 Å². The third-order valence-corrected chi connectivity index (χ3v) is 3.78. The molecule has 1 N–H and O–H groups in total. The largest absolute Gasteiger partial charge is 0.347 e. The summed E-state index contributed by atoms with van der Waals surface area (Å²) in [4.78, 5) is 25.4. The van der Waals surface area contributed by atoms with Crippen LogP contribution in [0.3, 0.4) is 0 Å². The van der Waals surface area contributed by atoms with Crippen molar-refractivity contribution in [3.63, 3.8) is 0 Å². The summed E-state index contributed by atoms with van der Waals surface area (Å²) < 4.78 is 0. The highest BCUT2D eigenvalue weighted by Gasteiger charge is 2.07. The SMILES string of the molecule is Cc1ccc(SCC(=O)NCC(=O)N(C)C)cc1C. The van der Waals surface area contributed by atoms with E-state index in [1.165, 1.54) is 27.8 Å². The predicted octanol–water partition coefficient (Wildman–Crippen LogP) is 1.60. The molecule has 0 saturated carbocycles. The zero-order valence-corrected chi connectivity index (χ0v) is 12.6. The van der Waals surface area contributed by atoms with E-state index in [9.17, 15) is 9.59 Å². The van der Waals surface area contributed by atoms with Crippen LogP contribution in [0.1, 0.15) is 11.1 Å². The maximum absolute atomic E-state index is 11.6. The molecule has 2 amide bonds. The molecule has 0 spiro atoms. The third-order valence-electron chi connectivity index (χ3n) is 2.78. The Morgan fingerprint density at radius 1 is 1.21 bits per heavy atom. The van der Waals surface area contributed by atoms with Gasteiger partial charge in [-0.1, -0.05) is 6.07 Å². The van der Waals surface area contributed by atoms with Gasteiger partial charge in [0.2, 0.25) is 11.8 Å². The second-order valence-corrected chi connectivity index (χ2v) is 5.65. The molecule has 0 saturated heterocycles. The Balaban J connectivity index is 2.38. The van der Waals surface area contributed by atoms with Crippen molar-refractivity contribution in [2.24, 2.45) is 0 Å². The lowest BCUT2D eigenvalue weighted by molar-refractivity contribution is -0.130. The number of carbonyl (C=O) groups is 2. The molecular weight excluding hydrogens is 260 g/mol. The van der Waals surface area contributed by atoms with Crippen LogP contribution in [0.5, 0.6) is 0 Å². The molecule has 19 heavy (non-hydrogen) atoms. The lowest BCUT2D eigenvalue weighted by Crippen LogP contribution is -2.36. The molecule has 0 bridgehead atoms. The summed E-state index contributed by atoms with van der Waals surface area (Å²) in [5.74, 6) is 0.0893. The number of benzene rings is 1. The zero-order valence-electron chi connectivity index (χ0n) is 11.8. The minimum absolute atomic E-state index is 0.0549. The molecule has 1 rings (SSSR count). The van der Waals surface area contributed by atoms with Crippen LogP contribution in [0.15, 0.2) is 23.1 Å². The number of likely N-dealkylation sites (N-methyl/N-ethyl adjacent to an activating group) is 1. The Morgan fingerprint density at radius 3 is 2.47 bits per heavy atom. The number of nitrogens with one attached hydrogen (secondary N) is 1. The van der Waals surface area contributed by atoms with Crippen LogP contribution < -0.4 is 5.32 Å². The van der Waals surface area contributed by atoms with Crippen LogP contribution in [0, 0.1) is 13.8 Å². The van der Waals surface area contributed by atoms with Gasteiger partial charge in [-0.3, -0.25) is 9.59 Å². The predicted molar refractivity (Wildman–Crippen MR) is 78.3 cm³/mol. The smallest absolute Gasteiger partial charge is 0.241 e. The number of carbonyl (C=O) groups excluding carboxylic acids is 2. The summed E-state index contributed by atoms with van der Waals surface area (Å²) in [7, 11) is 3.33. The van der Waals surface area contributed by atoms with Crippen LogP contribution >= 0.6 is 11.8 Å². The van der Waals surface area contributed by atoms with Gasteiger partial charge in [-0.2, -0.15) is 0 Å². The highest BCUT2D eigenvalue weighted by atomic mass is 32.2. The summed E-state index contributed by atoms with van der Waals surface area (Å²) in [5.41, 5.74) is 2.46. The molecular formula is C14H20N2O2S. The van der Waals surface area contributed by atoms with E-state index in [2.05, 4.69) is 25.2 Å². The molecule has 1 aromatic rings. The van der Waals surface area contributed by atoms with E-state index in [0.29, 0.717) is 5.75 Å². The lowest BCUT2D eigenvalue weighted by atomic mass is 10.1. The van der Waals surface area contributed by atoms with Crippen LogP contribution in [0.25, 0.3) is 0 Å². The van der Waals surface area contributed by atoms with Crippen molar-refractivity contribution < 1.29 is 9.59 Å². The number of hydrogen-bond donors (Lipinski definition) is 1. The van der Waals surface area contributed by atoms with Crippen molar-refractivity contribution in [3.8, 4) is 0 Å². The summed E-state index contributed by atoms with van der Waals surface area (Å²) in [5, 5.41) is 2.61. The van der Waals surface area contributed by atoms with E-state index < -0.39 is 0 Å². The van der Waals surface area contributed by atoms with Crippen LogP contribution in [0.2, 0.25) is 0 Å². The summed E-state index contributed by atoms with van der Waals surface area (Å²) in [6.45, 7) is 4.16. The molecule has 0 heterocycles. The molecule has 0 aliphatic rings. The third kappa shape index (κ3) is 5.34. The van der Waals surface area contributed by atoms with Gasteiger partial charge >= 0.3 is 0 Å². The van der Waals surface area contributed by atoms with E-state index in [0.717, 1.165) is 4.90 Å². The minimum Gasteiger partial charge on any atom is -0.347 e. The fraction of sp³-hybridized carbons (Fsp3) is 0.429. The van der Waals surface area contributed by atoms with Crippen molar-refractivity contribution in [1.82, 2.24) is 10.2 Å². The van der Waals surface area contributed by atoms with Gasteiger partial charge in [0.05, 0.1) is 12.3 Å². The zero-order chi connectivity index (χ0) is 14.4. The molecule has 104 valence electrons. The Labute approximate surface area is 118 Å². The van der Waals surface area contributed by atoms with Gasteiger partial charge in [0.25, 0.3) is 0 Å². The van der Waals surface area contributed by atoms with Crippen LogP contribution in [-0.2, 0) is 9.59 Å². The van der Waals surface area contributed by atoms with E-state index in [4.69, 9.17) is 0 Å². The van der Waals surface area contributed by atoms with Gasteiger partial charge in [0.15, 0.2) is 0 Å². The Kier molecular flexibility index (Phi) is 5.89. The number of amides is 2. The van der Waals surface area contributed by atoms with Crippen molar-refractivity contribution in [2.45, 2.75) is 18.7 Å². The number of rotatable bonds is 5. The summed E-state index contributed by atoms with van der Waals surface area (Å²) >= 11 is 1.47. The Hall–Kier alpha value is -1.49. The van der Waals surface area contributed by atoms with Crippen LogP contribution in [0.4, 0.5) is 0 Å². The van der Waals surface area contributed by atoms with E-state index in [-0.39, 0.29) is 18.4 Å². The fourth-order valence-corrected chi connectivity index (χ4v) is 2.16. The molecule has 0 unspecified atom stereocenters. The van der Waals surface area contributed by atoms with Crippen molar-refractivity contribution in [1.29, 1.82) is 0 Å². The maximum atomic E-state index is 11.6. The van der Waals surface area contributed by atoms with Crippen molar-refractivity contribution in [2.75, 3.05) is 26.4 Å². The highest BCUT2D eigenvalue weighted by molar-refractivity contribution is 8.00. The quantitative estimate of drug-likeness (QED) is 0.834. The molecule has 0 atom stereocenters.